The highest BCUT2D eigenvalue weighted by Gasteiger charge is 2.31. The molecule has 0 aliphatic rings. The SMILES string of the molecule is O=[N+]([O-])CC(O)c1c(F)c(F)c(F)c(F)c1F. The zero-order chi connectivity index (χ0) is 13.3. The number of hydrogen-bond donors (Lipinski definition) is 1. The van der Waals surface area contributed by atoms with E-state index in [2.05, 4.69) is 0 Å². The Morgan fingerprint density at radius 2 is 1.35 bits per heavy atom. The van der Waals surface area contributed by atoms with Gasteiger partial charge in [0, 0.05) is 4.92 Å². The molecule has 0 radical (unpaired) electrons. The maximum absolute atomic E-state index is 13.0. The van der Waals surface area contributed by atoms with Gasteiger partial charge in [0.25, 0.3) is 0 Å². The molecule has 4 nitrogen and oxygen atoms in total. The molecule has 1 atom stereocenters. The van der Waals surface area contributed by atoms with E-state index in [1.54, 1.807) is 0 Å². The van der Waals surface area contributed by atoms with Crippen molar-refractivity contribution in [3.8, 4) is 0 Å². The van der Waals surface area contributed by atoms with Crippen molar-refractivity contribution in [2.24, 2.45) is 0 Å². The number of nitro groups is 1. The first-order valence-corrected chi connectivity index (χ1v) is 4.08. The van der Waals surface area contributed by atoms with Gasteiger partial charge in [-0.05, 0) is 0 Å². The second-order valence-corrected chi connectivity index (χ2v) is 3.01. The van der Waals surface area contributed by atoms with Gasteiger partial charge in [-0.25, -0.2) is 22.0 Å². The Balaban J connectivity index is 3.38. The van der Waals surface area contributed by atoms with Crippen LogP contribution in [0.15, 0.2) is 0 Å². The Bertz CT molecular complexity index is 450. The summed E-state index contributed by atoms with van der Waals surface area (Å²) in [6.07, 6.45) is -2.42. The second-order valence-electron chi connectivity index (χ2n) is 3.01. The van der Waals surface area contributed by atoms with Crippen LogP contribution >= 0.6 is 0 Å². The third kappa shape index (κ3) is 2.33. The first-order valence-electron chi connectivity index (χ1n) is 4.08. The molecule has 0 fully saturated rings. The molecule has 0 saturated carbocycles. The third-order valence-corrected chi connectivity index (χ3v) is 1.90. The standard InChI is InChI=1S/C8H4F5NO3/c9-4-3(2(15)1-14(16)17)5(10)7(12)8(13)6(4)11/h2,15H,1H2. The largest absolute Gasteiger partial charge is 0.381 e. The van der Waals surface area contributed by atoms with E-state index in [1.165, 1.54) is 0 Å². The van der Waals surface area contributed by atoms with Gasteiger partial charge in [0.1, 0.15) is 6.10 Å². The van der Waals surface area contributed by atoms with Crippen LogP contribution in [-0.2, 0) is 0 Å². The molecule has 1 rings (SSSR count). The van der Waals surface area contributed by atoms with Gasteiger partial charge in [0.2, 0.25) is 12.4 Å². The molecule has 0 bridgehead atoms. The normalized spacial score (nSPS) is 12.6. The van der Waals surface area contributed by atoms with E-state index in [9.17, 15) is 32.1 Å². The van der Waals surface area contributed by atoms with Gasteiger partial charge in [-0.1, -0.05) is 0 Å². The number of nitrogens with zero attached hydrogens (tertiary/aromatic N) is 1. The number of halogens is 5. The van der Waals surface area contributed by atoms with Gasteiger partial charge >= 0.3 is 0 Å². The molecule has 17 heavy (non-hydrogen) atoms. The second kappa shape index (κ2) is 4.62. The van der Waals surface area contributed by atoms with Gasteiger partial charge in [-0.2, -0.15) is 0 Å². The van der Waals surface area contributed by atoms with Gasteiger partial charge in [0.05, 0.1) is 5.56 Å². The van der Waals surface area contributed by atoms with E-state index in [0.717, 1.165) is 0 Å². The lowest BCUT2D eigenvalue weighted by Crippen LogP contribution is -2.17. The Morgan fingerprint density at radius 3 is 1.71 bits per heavy atom. The Labute approximate surface area is 90.4 Å². The van der Waals surface area contributed by atoms with Crippen LogP contribution in [-0.4, -0.2) is 16.6 Å². The average Bonchev–Trinajstić information content (AvgIpc) is 2.23. The molecule has 0 heterocycles. The molecule has 1 aromatic carbocycles. The minimum absolute atomic E-state index is 1.15. The molecule has 1 N–H and O–H groups in total. The van der Waals surface area contributed by atoms with E-state index < -0.39 is 52.2 Å². The summed E-state index contributed by atoms with van der Waals surface area (Å²) in [5.74, 6) is -11.5. The summed E-state index contributed by atoms with van der Waals surface area (Å²) in [7, 11) is 0. The fraction of sp³-hybridized carbons (Fsp3) is 0.250. The number of benzene rings is 1. The lowest BCUT2D eigenvalue weighted by Gasteiger charge is -2.10. The highest BCUT2D eigenvalue weighted by Crippen LogP contribution is 2.27. The van der Waals surface area contributed by atoms with Crippen LogP contribution in [0.2, 0.25) is 0 Å². The monoisotopic (exact) mass is 257 g/mol. The predicted octanol–water partition coefficient (Wildman–Crippen LogP) is 1.69. The Kier molecular flexibility index (Phi) is 3.61. The number of aliphatic hydroxyl groups is 1. The molecule has 94 valence electrons. The lowest BCUT2D eigenvalue weighted by atomic mass is 10.1. The highest BCUT2D eigenvalue weighted by molar-refractivity contribution is 5.26. The number of aliphatic hydroxyl groups excluding tert-OH is 1. The minimum atomic E-state index is -2.42. The summed E-state index contributed by atoms with van der Waals surface area (Å²) >= 11 is 0. The smallest absolute Gasteiger partial charge is 0.233 e. The topological polar surface area (TPSA) is 63.4 Å². The van der Waals surface area contributed by atoms with E-state index in [-0.39, 0.29) is 0 Å². The third-order valence-electron chi connectivity index (χ3n) is 1.90. The molecule has 0 aromatic heterocycles. The molecule has 0 saturated heterocycles. The van der Waals surface area contributed by atoms with Crippen molar-refractivity contribution in [2.45, 2.75) is 6.10 Å². The first kappa shape index (κ1) is 13.3. The minimum Gasteiger partial charge on any atom is -0.381 e. The summed E-state index contributed by atoms with van der Waals surface area (Å²) < 4.78 is 63.9. The molecular weight excluding hydrogens is 253 g/mol. The van der Waals surface area contributed by atoms with Gasteiger partial charge in [-0.15, -0.1) is 0 Å². The van der Waals surface area contributed by atoms with E-state index in [0.29, 0.717) is 0 Å². The van der Waals surface area contributed by atoms with Crippen LogP contribution in [0.5, 0.6) is 0 Å². The van der Waals surface area contributed by atoms with E-state index in [1.807, 2.05) is 0 Å². The van der Waals surface area contributed by atoms with Gasteiger partial charge < -0.3 is 5.11 Å². The summed E-state index contributed by atoms with van der Waals surface area (Å²) in [6, 6.07) is 0. The summed E-state index contributed by atoms with van der Waals surface area (Å²) in [5.41, 5.74) is -1.61. The number of hydrogen-bond acceptors (Lipinski definition) is 3. The van der Waals surface area contributed by atoms with Crippen LogP contribution in [0.25, 0.3) is 0 Å². The maximum atomic E-state index is 13.0. The Morgan fingerprint density at radius 1 is 1.00 bits per heavy atom. The molecule has 0 aliphatic carbocycles. The van der Waals surface area contributed by atoms with Crippen LogP contribution in [0, 0.1) is 39.2 Å². The summed E-state index contributed by atoms with van der Waals surface area (Å²) in [6.45, 7) is -1.38. The van der Waals surface area contributed by atoms with Crippen LogP contribution in [0.3, 0.4) is 0 Å². The summed E-state index contributed by atoms with van der Waals surface area (Å²) in [5, 5.41) is 19.0. The first-order chi connectivity index (χ1) is 7.77. The van der Waals surface area contributed by atoms with Crippen molar-refractivity contribution in [1.29, 1.82) is 0 Å². The van der Waals surface area contributed by atoms with Gasteiger partial charge in [0.15, 0.2) is 23.3 Å². The summed E-state index contributed by atoms with van der Waals surface area (Å²) in [4.78, 5) is 8.83. The van der Waals surface area contributed by atoms with Crippen molar-refractivity contribution in [3.63, 3.8) is 0 Å². The maximum Gasteiger partial charge on any atom is 0.233 e. The highest BCUT2D eigenvalue weighted by atomic mass is 19.2. The van der Waals surface area contributed by atoms with Crippen LogP contribution in [0.1, 0.15) is 11.7 Å². The molecule has 0 spiro atoms. The van der Waals surface area contributed by atoms with Crippen molar-refractivity contribution < 1.29 is 32.0 Å². The van der Waals surface area contributed by atoms with Gasteiger partial charge in [-0.3, -0.25) is 10.1 Å². The lowest BCUT2D eigenvalue weighted by molar-refractivity contribution is -0.491. The zero-order valence-corrected chi connectivity index (χ0v) is 7.89. The predicted molar refractivity (Wildman–Crippen MR) is 43.1 cm³/mol. The molecule has 9 heteroatoms. The number of rotatable bonds is 3. The molecular formula is C8H4F5NO3. The van der Waals surface area contributed by atoms with E-state index >= 15 is 0 Å². The quantitative estimate of drug-likeness (QED) is 0.294. The van der Waals surface area contributed by atoms with Crippen molar-refractivity contribution in [1.82, 2.24) is 0 Å². The fourth-order valence-corrected chi connectivity index (χ4v) is 1.15. The van der Waals surface area contributed by atoms with Crippen molar-refractivity contribution in [3.05, 3.63) is 44.8 Å². The van der Waals surface area contributed by atoms with E-state index in [4.69, 9.17) is 5.11 Å². The van der Waals surface area contributed by atoms with Crippen LogP contribution in [0.4, 0.5) is 22.0 Å². The van der Waals surface area contributed by atoms with Crippen molar-refractivity contribution in [2.75, 3.05) is 6.54 Å². The Hall–Kier alpha value is -1.77. The molecule has 1 unspecified atom stereocenters. The molecule has 1 aromatic rings. The fourth-order valence-electron chi connectivity index (χ4n) is 1.15. The van der Waals surface area contributed by atoms with Crippen molar-refractivity contribution >= 4 is 0 Å². The molecule has 0 amide bonds. The zero-order valence-electron chi connectivity index (χ0n) is 7.89. The van der Waals surface area contributed by atoms with Crippen LogP contribution < -0.4 is 0 Å². The molecule has 0 aliphatic heterocycles. The average molecular weight is 257 g/mol.